The van der Waals surface area contributed by atoms with Crippen molar-refractivity contribution in [3.63, 3.8) is 0 Å². The fourth-order valence-electron chi connectivity index (χ4n) is 4.07. The monoisotopic (exact) mass is 317 g/mol. The second-order valence-electron chi connectivity index (χ2n) is 6.40. The van der Waals surface area contributed by atoms with Gasteiger partial charge in [0.1, 0.15) is 0 Å². The number of carbonyl (C=O) groups excluding carboxylic acids is 2. The molecule has 3 aliphatic heterocycles. The maximum absolute atomic E-state index is 13.0. The van der Waals surface area contributed by atoms with Gasteiger partial charge in [0.15, 0.2) is 0 Å². The lowest BCUT2D eigenvalue weighted by atomic mass is 9.85. The average Bonchev–Trinajstić information content (AvgIpc) is 3.30. The van der Waals surface area contributed by atoms with Crippen LogP contribution in [0.5, 0.6) is 0 Å². The van der Waals surface area contributed by atoms with Crippen molar-refractivity contribution in [1.29, 1.82) is 0 Å². The first-order chi connectivity index (χ1) is 11.8. The normalized spacial score (nSPS) is 30.2. The Hall–Kier alpha value is -2.72. The van der Waals surface area contributed by atoms with Gasteiger partial charge in [0.05, 0.1) is 29.7 Å². The van der Waals surface area contributed by atoms with Crippen LogP contribution in [0.4, 0.5) is 5.69 Å². The molecule has 4 heteroatoms. The van der Waals surface area contributed by atoms with Crippen LogP contribution in [0.25, 0.3) is 11.1 Å². The highest BCUT2D eigenvalue weighted by molar-refractivity contribution is 6.24. The second kappa shape index (κ2) is 4.89. The smallest absolute Gasteiger partial charge is 0.240 e. The quantitative estimate of drug-likeness (QED) is 0.632. The Morgan fingerprint density at radius 2 is 1.33 bits per heavy atom. The molecule has 2 aromatic rings. The number of hydrogen-bond acceptors (Lipinski definition) is 3. The summed E-state index contributed by atoms with van der Waals surface area (Å²) in [6, 6.07) is 17.4. The van der Waals surface area contributed by atoms with Gasteiger partial charge >= 0.3 is 0 Å². The van der Waals surface area contributed by atoms with Crippen molar-refractivity contribution in [3.8, 4) is 11.1 Å². The van der Waals surface area contributed by atoms with E-state index in [-0.39, 0.29) is 35.9 Å². The lowest BCUT2D eigenvalue weighted by Crippen LogP contribution is -2.34. The van der Waals surface area contributed by atoms with E-state index in [0.717, 1.165) is 11.1 Å². The molecule has 118 valence electrons. The Balaban J connectivity index is 1.61. The van der Waals surface area contributed by atoms with Gasteiger partial charge < -0.3 is 4.74 Å². The lowest BCUT2D eigenvalue weighted by molar-refractivity contribution is -0.124. The number of imide groups is 1. The zero-order chi connectivity index (χ0) is 16.3. The molecule has 2 fully saturated rings. The van der Waals surface area contributed by atoms with Gasteiger partial charge in [0, 0.05) is 5.56 Å². The molecule has 0 unspecified atom stereocenters. The van der Waals surface area contributed by atoms with E-state index in [0.29, 0.717) is 5.69 Å². The van der Waals surface area contributed by atoms with Crippen molar-refractivity contribution in [3.05, 3.63) is 66.7 Å². The highest BCUT2D eigenvalue weighted by Gasteiger charge is 2.61. The van der Waals surface area contributed by atoms with Gasteiger partial charge in [-0.1, -0.05) is 60.7 Å². The first-order valence-electron chi connectivity index (χ1n) is 8.12. The number of nitrogens with zero attached hydrogens (tertiary/aromatic N) is 1. The summed E-state index contributed by atoms with van der Waals surface area (Å²) in [5.41, 5.74) is 2.54. The van der Waals surface area contributed by atoms with Crippen molar-refractivity contribution in [2.24, 2.45) is 11.8 Å². The second-order valence-corrected chi connectivity index (χ2v) is 6.40. The zero-order valence-electron chi connectivity index (χ0n) is 12.8. The number of carbonyl (C=O) groups is 2. The molecule has 4 atom stereocenters. The van der Waals surface area contributed by atoms with Gasteiger partial charge in [-0.3, -0.25) is 9.59 Å². The summed E-state index contributed by atoms with van der Waals surface area (Å²) in [5, 5.41) is 0. The first-order valence-corrected chi connectivity index (χ1v) is 8.12. The van der Waals surface area contributed by atoms with Gasteiger partial charge in [0.25, 0.3) is 0 Å². The molecule has 24 heavy (non-hydrogen) atoms. The number of hydrogen-bond donors (Lipinski definition) is 0. The third-order valence-corrected chi connectivity index (χ3v) is 5.14. The van der Waals surface area contributed by atoms with Crippen LogP contribution in [-0.2, 0) is 14.3 Å². The predicted octanol–water partition coefficient (Wildman–Crippen LogP) is 2.80. The molecule has 5 rings (SSSR count). The molecular weight excluding hydrogens is 302 g/mol. The number of amides is 2. The van der Waals surface area contributed by atoms with E-state index in [9.17, 15) is 9.59 Å². The molecule has 0 aliphatic carbocycles. The minimum Gasteiger partial charge on any atom is -0.365 e. The maximum atomic E-state index is 13.0. The van der Waals surface area contributed by atoms with Gasteiger partial charge in [-0.15, -0.1) is 0 Å². The van der Waals surface area contributed by atoms with Crippen molar-refractivity contribution in [2.75, 3.05) is 4.90 Å². The van der Waals surface area contributed by atoms with Crippen molar-refractivity contribution >= 4 is 17.5 Å². The van der Waals surface area contributed by atoms with Crippen LogP contribution in [0.3, 0.4) is 0 Å². The van der Waals surface area contributed by atoms with Crippen LogP contribution >= 0.6 is 0 Å². The van der Waals surface area contributed by atoms with Crippen molar-refractivity contribution in [2.45, 2.75) is 12.2 Å². The molecule has 0 saturated carbocycles. The topological polar surface area (TPSA) is 46.6 Å². The van der Waals surface area contributed by atoms with E-state index in [1.165, 1.54) is 4.90 Å². The Bertz CT molecular complexity index is 843. The Morgan fingerprint density at radius 3 is 2.00 bits per heavy atom. The molecule has 4 nitrogen and oxygen atoms in total. The van der Waals surface area contributed by atoms with Gasteiger partial charge in [0.2, 0.25) is 11.8 Å². The van der Waals surface area contributed by atoms with Crippen LogP contribution in [0, 0.1) is 11.8 Å². The van der Waals surface area contributed by atoms with Gasteiger partial charge in [-0.05, 0) is 11.6 Å². The number of rotatable bonds is 2. The molecule has 0 radical (unpaired) electrons. The number of para-hydroxylation sites is 1. The highest BCUT2D eigenvalue weighted by atomic mass is 16.5. The molecule has 2 amide bonds. The van der Waals surface area contributed by atoms with Crippen molar-refractivity contribution < 1.29 is 14.3 Å². The summed E-state index contributed by atoms with van der Waals surface area (Å²) < 4.78 is 5.70. The third kappa shape index (κ3) is 1.72. The van der Waals surface area contributed by atoms with E-state index < -0.39 is 0 Å². The van der Waals surface area contributed by atoms with E-state index in [1.807, 2.05) is 66.7 Å². The molecule has 0 aromatic heterocycles. The molecule has 3 heterocycles. The van der Waals surface area contributed by atoms with E-state index in [1.54, 1.807) is 0 Å². The summed E-state index contributed by atoms with van der Waals surface area (Å²) >= 11 is 0. The minimum absolute atomic E-state index is 0.148. The van der Waals surface area contributed by atoms with Gasteiger partial charge in [-0.25, -0.2) is 4.90 Å². The number of anilines is 1. The van der Waals surface area contributed by atoms with Crippen LogP contribution in [0.15, 0.2) is 66.7 Å². The molecule has 3 aliphatic rings. The SMILES string of the molecule is O=C1[C@@H]2[C@@H](C(=O)N1c1ccccc1-c1ccccc1)[C@H]1C=C[C@H]2O1. The van der Waals surface area contributed by atoms with Crippen LogP contribution < -0.4 is 4.90 Å². The number of ether oxygens (including phenoxy) is 1. The summed E-state index contributed by atoms with van der Waals surface area (Å²) in [6.07, 6.45) is 3.29. The fourth-order valence-corrected chi connectivity index (χ4v) is 4.07. The summed E-state index contributed by atoms with van der Waals surface area (Å²) in [5.74, 6) is -1.05. The highest BCUT2D eigenvalue weighted by Crippen LogP contribution is 2.47. The lowest BCUT2D eigenvalue weighted by Gasteiger charge is -2.20. The molecular formula is C20H15NO3. The van der Waals surface area contributed by atoms with E-state index >= 15 is 0 Å². The Kier molecular flexibility index (Phi) is 2.79. The number of fused-ring (bicyclic) bond motifs is 5. The first kappa shape index (κ1) is 13.7. The minimum atomic E-state index is -0.378. The summed E-state index contributed by atoms with van der Waals surface area (Å²) in [7, 11) is 0. The summed E-state index contributed by atoms with van der Waals surface area (Å²) in [6.45, 7) is 0. The van der Waals surface area contributed by atoms with E-state index in [2.05, 4.69) is 0 Å². The molecule has 2 aromatic carbocycles. The average molecular weight is 317 g/mol. The molecule has 2 bridgehead atoms. The largest absolute Gasteiger partial charge is 0.365 e. The summed E-state index contributed by atoms with van der Waals surface area (Å²) in [4.78, 5) is 27.3. The molecule has 0 N–H and O–H groups in total. The van der Waals surface area contributed by atoms with Crippen LogP contribution in [0.2, 0.25) is 0 Å². The third-order valence-electron chi connectivity index (χ3n) is 5.14. The Morgan fingerprint density at radius 1 is 0.750 bits per heavy atom. The van der Waals surface area contributed by atoms with Crippen LogP contribution in [0.1, 0.15) is 0 Å². The number of benzene rings is 2. The predicted molar refractivity (Wildman–Crippen MR) is 89.2 cm³/mol. The maximum Gasteiger partial charge on any atom is 0.240 e. The zero-order valence-corrected chi connectivity index (χ0v) is 12.8. The van der Waals surface area contributed by atoms with Crippen molar-refractivity contribution in [1.82, 2.24) is 0 Å². The standard InChI is InChI=1S/C20H15NO3/c22-19-17-15-10-11-16(24-15)18(17)20(23)21(19)14-9-5-4-8-13(14)12-6-2-1-3-7-12/h1-11,15-18H/t15-,16-,17+,18+/m1/s1. The Labute approximate surface area is 139 Å². The molecule has 2 saturated heterocycles. The molecule has 0 spiro atoms. The van der Waals surface area contributed by atoms with Crippen LogP contribution in [-0.4, -0.2) is 24.0 Å². The van der Waals surface area contributed by atoms with E-state index in [4.69, 9.17) is 4.74 Å². The van der Waals surface area contributed by atoms with Gasteiger partial charge in [-0.2, -0.15) is 0 Å². The fraction of sp³-hybridized carbons (Fsp3) is 0.200.